The van der Waals surface area contributed by atoms with Crippen LogP contribution in [-0.4, -0.2) is 11.1 Å². The molecule has 0 aliphatic heterocycles. The molecular weight excluding hydrogens is 267 g/mol. The Morgan fingerprint density at radius 3 is 2.79 bits per heavy atom. The quantitative estimate of drug-likeness (QED) is 0.920. The molecule has 0 saturated carbocycles. The van der Waals surface area contributed by atoms with Crippen LogP contribution in [0.4, 0.5) is 0 Å². The maximum atomic E-state index is 10.6. The molecule has 0 bridgehead atoms. The van der Waals surface area contributed by atoms with Crippen molar-refractivity contribution in [2.45, 2.75) is 13.3 Å². The highest BCUT2D eigenvalue weighted by molar-refractivity contribution is 9.10. The number of halogens is 2. The summed E-state index contributed by atoms with van der Waals surface area (Å²) in [6.07, 6.45) is 0.507. The monoisotopic (exact) mass is 276 g/mol. The summed E-state index contributed by atoms with van der Waals surface area (Å²) < 4.78 is 0.859. The molecule has 0 radical (unpaired) electrons. The van der Waals surface area contributed by atoms with E-state index in [4.69, 9.17) is 16.7 Å². The molecule has 1 rings (SSSR count). The predicted octanol–water partition coefficient (Wildman–Crippen LogP) is 3.37. The highest BCUT2D eigenvalue weighted by atomic mass is 79.9. The molecule has 1 unspecified atom stereocenters. The average molecular weight is 278 g/mol. The van der Waals surface area contributed by atoms with E-state index < -0.39 is 5.97 Å². The van der Waals surface area contributed by atoms with E-state index >= 15 is 0 Å². The molecule has 1 atom stereocenters. The van der Waals surface area contributed by atoms with E-state index in [1.165, 1.54) is 0 Å². The normalized spacial score (nSPS) is 12.5. The van der Waals surface area contributed by atoms with Crippen LogP contribution in [0.25, 0.3) is 0 Å². The molecule has 1 aromatic carbocycles. The Kier molecular flexibility index (Phi) is 3.96. The predicted molar refractivity (Wildman–Crippen MR) is 59.7 cm³/mol. The molecule has 0 spiro atoms. The lowest BCUT2D eigenvalue weighted by Crippen LogP contribution is -2.12. The molecule has 1 N–H and O–H groups in total. The second-order valence-electron chi connectivity index (χ2n) is 3.18. The second kappa shape index (κ2) is 4.80. The average Bonchev–Trinajstić information content (AvgIpc) is 2.09. The van der Waals surface area contributed by atoms with E-state index in [1.807, 2.05) is 6.07 Å². The first-order chi connectivity index (χ1) is 6.50. The van der Waals surface area contributed by atoms with Crippen LogP contribution in [0.15, 0.2) is 22.7 Å². The Morgan fingerprint density at radius 2 is 2.29 bits per heavy atom. The Balaban J connectivity index is 2.82. The highest BCUT2D eigenvalue weighted by Gasteiger charge is 2.13. The lowest BCUT2D eigenvalue weighted by molar-refractivity contribution is -0.141. The number of carboxylic acids is 1. The number of carboxylic acid groups (broad SMARTS) is 1. The van der Waals surface area contributed by atoms with Gasteiger partial charge in [0.25, 0.3) is 0 Å². The van der Waals surface area contributed by atoms with E-state index in [2.05, 4.69) is 15.9 Å². The van der Waals surface area contributed by atoms with Gasteiger partial charge in [0, 0.05) is 9.50 Å². The van der Waals surface area contributed by atoms with Crippen molar-refractivity contribution in [2.75, 3.05) is 0 Å². The van der Waals surface area contributed by atoms with Gasteiger partial charge in [-0.25, -0.2) is 0 Å². The van der Waals surface area contributed by atoms with E-state index in [0.717, 1.165) is 10.0 Å². The zero-order chi connectivity index (χ0) is 10.7. The Hall–Kier alpha value is -0.540. The molecule has 0 aliphatic rings. The first kappa shape index (κ1) is 11.5. The zero-order valence-electron chi connectivity index (χ0n) is 7.63. The van der Waals surface area contributed by atoms with Gasteiger partial charge in [0.05, 0.1) is 5.92 Å². The maximum absolute atomic E-state index is 10.6. The number of benzene rings is 1. The summed E-state index contributed by atoms with van der Waals surface area (Å²) in [5.74, 6) is -1.17. The van der Waals surface area contributed by atoms with Crippen molar-refractivity contribution in [3.8, 4) is 0 Å². The topological polar surface area (TPSA) is 37.3 Å². The number of hydrogen-bond acceptors (Lipinski definition) is 1. The molecule has 0 saturated heterocycles. The molecule has 0 aliphatic carbocycles. The third-order valence-electron chi connectivity index (χ3n) is 1.96. The Bertz CT molecular complexity index is 352. The van der Waals surface area contributed by atoms with E-state index in [9.17, 15) is 4.79 Å². The van der Waals surface area contributed by atoms with Gasteiger partial charge in [-0.05, 0) is 24.1 Å². The Labute approximate surface area is 96.0 Å². The first-order valence-electron chi connectivity index (χ1n) is 4.17. The standard InChI is InChI=1S/C10H10BrClO2/c1-6(10(13)14)4-7-2-3-8(12)5-9(7)11/h2-3,5-6H,4H2,1H3,(H,13,14). The van der Waals surface area contributed by atoms with Gasteiger partial charge in [-0.3, -0.25) is 4.79 Å². The molecular formula is C10H10BrClO2. The van der Waals surface area contributed by atoms with Crippen LogP contribution < -0.4 is 0 Å². The number of hydrogen-bond donors (Lipinski definition) is 1. The van der Waals surface area contributed by atoms with Crippen molar-refractivity contribution >= 4 is 33.5 Å². The fraction of sp³-hybridized carbons (Fsp3) is 0.300. The van der Waals surface area contributed by atoms with E-state index in [-0.39, 0.29) is 5.92 Å². The largest absolute Gasteiger partial charge is 0.481 e. The van der Waals surface area contributed by atoms with Crippen molar-refractivity contribution in [1.29, 1.82) is 0 Å². The lowest BCUT2D eigenvalue weighted by Gasteiger charge is -2.08. The lowest BCUT2D eigenvalue weighted by atomic mass is 10.0. The molecule has 0 aromatic heterocycles. The minimum Gasteiger partial charge on any atom is -0.481 e. The third-order valence-corrected chi connectivity index (χ3v) is 2.94. The van der Waals surface area contributed by atoms with Crippen molar-refractivity contribution in [3.63, 3.8) is 0 Å². The van der Waals surface area contributed by atoms with Crippen LogP contribution in [0.5, 0.6) is 0 Å². The van der Waals surface area contributed by atoms with Gasteiger partial charge in [0.15, 0.2) is 0 Å². The van der Waals surface area contributed by atoms with Crippen LogP contribution >= 0.6 is 27.5 Å². The summed E-state index contributed by atoms with van der Waals surface area (Å²) in [7, 11) is 0. The van der Waals surface area contributed by atoms with Gasteiger partial charge in [0.1, 0.15) is 0 Å². The smallest absolute Gasteiger partial charge is 0.306 e. The van der Waals surface area contributed by atoms with Crippen LogP contribution in [0.1, 0.15) is 12.5 Å². The molecule has 0 amide bonds. The number of aliphatic carboxylic acids is 1. The third kappa shape index (κ3) is 3.00. The van der Waals surface area contributed by atoms with Gasteiger partial charge in [-0.15, -0.1) is 0 Å². The van der Waals surface area contributed by atoms with Gasteiger partial charge in [-0.1, -0.05) is 40.5 Å². The van der Waals surface area contributed by atoms with Crippen LogP contribution in [0, 0.1) is 5.92 Å². The van der Waals surface area contributed by atoms with Crippen LogP contribution in [-0.2, 0) is 11.2 Å². The van der Waals surface area contributed by atoms with Gasteiger partial charge in [0.2, 0.25) is 0 Å². The van der Waals surface area contributed by atoms with Gasteiger partial charge < -0.3 is 5.11 Å². The summed E-state index contributed by atoms with van der Waals surface area (Å²) in [6, 6.07) is 5.37. The van der Waals surface area contributed by atoms with E-state index in [1.54, 1.807) is 19.1 Å². The van der Waals surface area contributed by atoms with E-state index in [0.29, 0.717) is 11.4 Å². The van der Waals surface area contributed by atoms with Gasteiger partial charge >= 0.3 is 5.97 Å². The van der Waals surface area contributed by atoms with Crippen molar-refractivity contribution < 1.29 is 9.90 Å². The summed E-state index contributed by atoms with van der Waals surface area (Å²) in [6.45, 7) is 1.68. The molecule has 0 heterocycles. The second-order valence-corrected chi connectivity index (χ2v) is 4.47. The number of carbonyl (C=O) groups is 1. The summed E-state index contributed by atoms with van der Waals surface area (Å²) >= 11 is 9.12. The van der Waals surface area contributed by atoms with Crippen molar-refractivity contribution in [1.82, 2.24) is 0 Å². The summed E-state index contributed by atoms with van der Waals surface area (Å²) in [4.78, 5) is 10.6. The first-order valence-corrected chi connectivity index (χ1v) is 5.34. The molecule has 4 heteroatoms. The molecule has 1 aromatic rings. The summed E-state index contributed by atoms with van der Waals surface area (Å²) in [5, 5.41) is 9.39. The fourth-order valence-electron chi connectivity index (χ4n) is 1.10. The van der Waals surface area contributed by atoms with Crippen LogP contribution in [0.3, 0.4) is 0 Å². The number of rotatable bonds is 3. The maximum Gasteiger partial charge on any atom is 0.306 e. The van der Waals surface area contributed by atoms with Gasteiger partial charge in [-0.2, -0.15) is 0 Å². The molecule has 76 valence electrons. The molecule has 14 heavy (non-hydrogen) atoms. The minimum atomic E-state index is -0.785. The minimum absolute atomic E-state index is 0.382. The van der Waals surface area contributed by atoms with Crippen molar-refractivity contribution in [2.24, 2.45) is 5.92 Å². The van der Waals surface area contributed by atoms with Crippen LogP contribution in [0.2, 0.25) is 5.02 Å². The summed E-state index contributed by atoms with van der Waals surface area (Å²) in [5.41, 5.74) is 0.962. The highest BCUT2D eigenvalue weighted by Crippen LogP contribution is 2.23. The van der Waals surface area contributed by atoms with Crippen molar-refractivity contribution in [3.05, 3.63) is 33.3 Å². The SMILES string of the molecule is CC(Cc1ccc(Cl)cc1Br)C(=O)O. The molecule has 0 fully saturated rings. The molecule has 2 nitrogen and oxygen atoms in total. The zero-order valence-corrected chi connectivity index (χ0v) is 9.97. The Morgan fingerprint density at radius 1 is 1.64 bits per heavy atom. The fourth-order valence-corrected chi connectivity index (χ4v) is 1.95.